The Hall–Kier alpha value is -1.96. The van der Waals surface area contributed by atoms with Crippen LogP contribution >= 0.6 is 0 Å². The number of halogens is 3. The minimum Gasteiger partial charge on any atom is -0.484 e. The fraction of sp³-hybridized carbons (Fsp3) is 0.533. The molecule has 23 heavy (non-hydrogen) atoms. The first-order valence-corrected chi connectivity index (χ1v) is 7.16. The quantitative estimate of drug-likeness (QED) is 0.436. The van der Waals surface area contributed by atoms with Gasteiger partial charge in [0.2, 0.25) is 0 Å². The average molecular weight is 333 g/mol. The third kappa shape index (κ3) is 8.92. The highest BCUT2D eigenvalue weighted by Crippen LogP contribution is 2.19. The minimum atomic E-state index is -4.34. The van der Waals surface area contributed by atoms with Crippen molar-refractivity contribution in [1.29, 1.82) is 0 Å². The number of rotatable bonds is 8. The Kier molecular flexibility index (Phi) is 8.25. The summed E-state index contributed by atoms with van der Waals surface area (Å²) in [5, 5.41) is 6.20. The summed E-state index contributed by atoms with van der Waals surface area (Å²) in [7, 11) is 3.29. The molecule has 0 aliphatic rings. The van der Waals surface area contributed by atoms with Crippen molar-refractivity contribution in [3.05, 3.63) is 29.8 Å². The molecule has 0 amide bonds. The molecule has 0 fully saturated rings. The topological polar surface area (TPSA) is 54.9 Å². The third-order valence-electron chi connectivity index (χ3n) is 2.80. The van der Waals surface area contributed by atoms with Crippen LogP contribution in [0, 0.1) is 0 Å². The van der Waals surface area contributed by atoms with Gasteiger partial charge in [-0.2, -0.15) is 13.2 Å². The maximum atomic E-state index is 12.1. The van der Waals surface area contributed by atoms with Gasteiger partial charge >= 0.3 is 6.18 Å². The zero-order valence-electron chi connectivity index (χ0n) is 13.2. The predicted molar refractivity (Wildman–Crippen MR) is 82.7 cm³/mol. The number of ether oxygens (including phenoxy) is 2. The van der Waals surface area contributed by atoms with Crippen molar-refractivity contribution in [2.45, 2.75) is 19.1 Å². The summed E-state index contributed by atoms with van der Waals surface area (Å²) in [5.41, 5.74) is 0.796. The predicted octanol–water partition coefficient (Wildman–Crippen LogP) is 2.33. The lowest BCUT2D eigenvalue weighted by molar-refractivity contribution is -0.153. The van der Waals surface area contributed by atoms with Crippen molar-refractivity contribution in [2.24, 2.45) is 4.99 Å². The lowest BCUT2D eigenvalue weighted by Crippen LogP contribution is -2.37. The molecule has 1 aromatic carbocycles. The van der Waals surface area contributed by atoms with Gasteiger partial charge in [-0.15, -0.1) is 0 Å². The standard InChI is InChI=1S/C15H22F3N3O2/c1-19-14(20-7-4-8-22-2)21-10-12-5-3-6-13(9-12)23-11-15(16,17)18/h3,5-6,9H,4,7-8,10-11H2,1-2H3,(H2,19,20,21). The third-order valence-corrected chi connectivity index (χ3v) is 2.80. The highest BCUT2D eigenvalue weighted by molar-refractivity contribution is 5.79. The van der Waals surface area contributed by atoms with Crippen molar-refractivity contribution in [3.8, 4) is 5.75 Å². The van der Waals surface area contributed by atoms with Crippen LogP contribution in [-0.2, 0) is 11.3 Å². The van der Waals surface area contributed by atoms with Gasteiger partial charge in [0.25, 0.3) is 0 Å². The average Bonchev–Trinajstić information content (AvgIpc) is 2.52. The van der Waals surface area contributed by atoms with Gasteiger partial charge < -0.3 is 20.1 Å². The molecule has 130 valence electrons. The number of hydrogen-bond acceptors (Lipinski definition) is 3. The summed E-state index contributed by atoms with van der Waals surface area (Å²) in [6.45, 7) is 0.491. The molecule has 0 heterocycles. The number of aliphatic imine (C=N–C) groups is 1. The molecule has 1 rings (SSSR count). The summed E-state index contributed by atoms with van der Waals surface area (Å²) < 4.78 is 46.1. The Morgan fingerprint density at radius 2 is 2.04 bits per heavy atom. The summed E-state index contributed by atoms with van der Waals surface area (Å²) in [4.78, 5) is 4.07. The monoisotopic (exact) mass is 333 g/mol. The Morgan fingerprint density at radius 3 is 2.70 bits per heavy atom. The summed E-state index contributed by atoms with van der Waals surface area (Å²) in [6.07, 6.45) is -3.50. The molecule has 0 aliphatic heterocycles. The van der Waals surface area contributed by atoms with Crippen LogP contribution in [0.15, 0.2) is 29.3 Å². The second kappa shape index (κ2) is 9.94. The van der Waals surface area contributed by atoms with E-state index < -0.39 is 12.8 Å². The Bertz CT molecular complexity index is 493. The van der Waals surface area contributed by atoms with E-state index >= 15 is 0 Å². The maximum absolute atomic E-state index is 12.1. The number of methoxy groups -OCH3 is 1. The molecule has 8 heteroatoms. The molecule has 1 aromatic rings. The van der Waals surface area contributed by atoms with Gasteiger partial charge in [0.05, 0.1) is 0 Å². The first-order valence-electron chi connectivity index (χ1n) is 7.16. The van der Waals surface area contributed by atoms with Crippen LogP contribution in [0.1, 0.15) is 12.0 Å². The van der Waals surface area contributed by atoms with Crippen molar-refractivity contribution in [3.63, 3.8) is 0 Å². The van der Waals surface area contributed by atoms with E-state index in [1.165, 1.54) is 6.07 Å². The van der Waals surface area contributed by atoms with E-state index in [-0.39, 0.29) is 5.75 Å². The smallest absolute Gasteiger partial charge is 0.422 e. The van der Waals surface area contributed by atoms with E-state index in [9.17, 15) is 13.2 Å². The number of hydrogen-bond donors (Lipinski definition) is 2. The number of benzene rings is 1. The first-order chi connectivity index (χ1) is 10.9. The Balaban J connectivity index is 2.44. The number of guanidine groups is 1. The first kappa shape index (κ1) is 19.1. The molecule has 5 nitrogen and oxygen atoms in total. The molecule has 0 bridgehead atoms. The van der Waals surface area contributed by atoms with E-state index in [1.54, 1.807) is 32.4 Å². The lowest BCUT2D eigenvalue weighted by atomic mass is 10.2. The second-order valence-corrected chi connectivity index (χ2v) is 4.75. The molecule has 2 N–H and O–H groups in total. The van der Waals surface area contributed by atoms with Crippen molar-refractivity contribution in [1.82, 2.24) is 10.6 Å². The van der Waals surface area contributed by atoms with Crippen molar-refractivity contribution < 1.29 is 22.6 Å². The second-order valence-electron chi connectivity index (χ2n) is 4.75. The number of alkyl halides is 3. The molecule has 0 unspecified atom stereocenters. The molecule has 0 aliphatic carbocycles. The van der Waals surface area contributed by atoms with Gasteiger partial charge in [-0.3, -0.25) is 4.99 Å². The van der Waals surface area contributed by atoms with Crippen LogP contribution < -0.4 is 15.4 Å². The summed E-state index contributed by atoms with van der Waals surface area (Å²) >= 11 is 0. The molecule has 0 saturated carbocycles. The van der Waals surface area contributed by atoms with Gasteiger partial charge in [-0.05, 0) is 24.1 Å². The van der Waals surface area contributed by atoms with Gasteiger partial charge in [0.15, 0.2) is 12.6 Å². The number of nitrogens with one attached hydrogen (secondary N) is 2. The molecule has 0 aromatic heterocycles. The van der Waals surface area contributed by atoms with E-state index in [1.807, 2.05) is 0 Å². The van der Waals surface area contributed by atoms with E-state index in [0.29, 0.717) is 25.7 Å². The molecule has 0 radical (unpaired) electrons. The molecule has 0 saturated heterocycles. The lowest BCUT2D eigenvalue weighted by Gasteiger charge is -2.13. The van der Waals surface area contributed by atoms with Crippen molar-refractivity contribution >= 4 is 5.96 Å². The summed E-state index contributed by atoms with van der Waals surface area (Å²) in [5.74, 6) is 0.799. The van der Waals surface area contributed by atoms with Crippen molar-refractivity contribution in [2.75, 3.05) is 33.9 Å². The Labute approximate surface area is 133 Å². The van der Waals surface area contributed by atoms with Gasteiger partial charge in [0, 0.05) is 33.9 Å². The molecule has 0 spiro atoms. The van der Waals surface area contributed by atoms with Crippen LogP contribution in [-0.4, -0.2) is 46.1 Å². The molecule has 0 atom stereocenters. The highest BCUT2D eigenvalue weighted by atomic mass is 19.4. The SMILES string of the molecule is CN=C(NCCCOC)NCc1cccc(OCC(F)(F)F)c1. The molecular formula is C15H22F3N3O2. The van der Waals surface area contributed by atoms with E-state index in [2.05, 4.69) is 15.6 Å². The fourth-order valence-electron chi connectivity index (χ4n) is 1.74. The molecular weight excluding hydrogens is 311 g/mol. The zero-order valence-corrected chi connectivity index (χ0v) is 13.2. The zero-order chi connectivity index (χ0) is 17.1. The van der Waals surface area contributed by atoms with Crippen LogP contribution in [0.5, 0.6) is 5.75 Å². The fourth-order valence-corrected chi connectivity index (χ4v) is 1.74. The van der Waals surface area contributed by atoms with E-state index in [0.717, 1.165) is 12.0 Å². The largest absolute Gasteiger partial charge is 0.484 e. The van der Waals surface area contributed by atoms with Crippen LogP contribution in [0.4, 0.5) is 13.2 Å². The minimum absolute atomic E-state index is 0.185. The van der Waals surface area contributed by atoms with Gasteiger partial charge in [0.1, 0.15) is 5.75 Å². The summed E-state index contributed by atoms with van der Waals surface area (Å²) in [6, 6.07) is 6.51. The van der Waals surface area contributed by atoms with Crippen LogP contribution in [0.3, 0.4) is 0 Å². The highest BCUT2D eigenvalue weighted by Gasteiger charge is 2.28. The maximum Gasteiger partial charge on any atom is 0.422 e. The van der Waals surface area contributed by atoms with Crippen LogP contribution in [0.2, 0.25) is 0 Å². The van der Waals surface area contributed by atoms with E-state index in [4.69, 9.17) is 9.47 Å². The number of nitrogens with zero attached hydrogens (tertiary/aromatic N) is 1. The van der Waals surface area contributed by atoms with Gasteiger partial charge in [-0.25, -0.2) is 0 Å². The normalized spacial score (nSPS) is 12.1. The van der Waals surface area contributed by atoms with Gasteiger partial charge in [-0.1, -0.05) is 12.1 Å². The Morgan fingerprint density at radius 1 is 1.26 bits per heavy atom. The van der Waals surface area contributed by atoms with Crippen LogP contribution in [0.25, 0.3) is 0 Å².